The van der Waals surface area contributed by atoms with E-state index in [0.29, 0.717) is 17.4 Å². The second-order valence-electron chi connectivity index (χ2n) is 6.57. The smallest absolute Gasteiger partial charge is 0.264 e. The fourth-order valence-corrected chi connectivity index (χ4v) is 4.43. The van der Waals surface area contributed by atoms with Crippen LogP contribution in [-0.2, 0) is 14.8 Å². The molecule has 3 aromatic carbocycles. The molecule has 0 radical (unpaired) electrons. The van der Waals surface area contributed by atoms with Gasteiger partial charge in [-0.3, -0.25) is 9.10 Å². The molecule has 0 saturated carbocycles. The summed E-state index contributed by atoms with van der Waals surface area (Å²) in [6.45, 7) is 1.65. The van der Waals surface area contributed by atoms with Crippen molar-refractivity contribution in [2.75, 3.05) is 17.5 Å². The zero-order valence-corrected chi connectivity index (χ0v) is 18.9. The lowest BCUT2D eigenvalue weighted by Gasteiger charge is -2.25. The number of amides is 1. The monoisotopic (exact) mass is 471 g/mol. The van der Waals surface area contributed by atoms with E-state index in [2.05, 4.69) is 10.5 Å². The third-order valence-electron chi connectivity index (χ3n) is 4.33. The van der Waals surface area contributed by atoms with Gasteiger partial charge < -0.3 is 4.74 Å². The molecule has 0 aromatic heterocycles. The van der Waals surface area contributed by atoms with Crippen LogP contribution in [0.15, 0.2) is 88.9 Å². The molecule has 1 N–H and O–H groups in total. The third-order valence-corrected chi connectivity index (χ3v) is 6.35. The number of hydrogen-bond donors (Lipinski definition) is 1. The second-order valence-corrected chi connectivity index (χ2v) is 8.87. The number of nitrogens with one attached hydrogen (secondary N) is 1. The summed E-state index contributed by atoms with van der Waals surface area (Å²) in [5, 5.41) is 4.50. The summed E-state index contributed by atoms with van der Waals surface area (Å²) in [5.41, 5.74) is 3.36. The molecular formula is C23H22ClN3O4S. The van der Waals surface area contributed by atoms with Crippen molar-refractivity contribution in [2.45, 2.75) is 11.8 Å². The number of rotatable bonds is 9. The number of sulfonamides is 1. The van der Waals surface area contributed by atoms with Crippen LogP contribution < -0.4 is 14.5 Å². The lowest BCUT2D eigenvalue weighted by atomic mass is 10.2. The Labute approximate surface area is 192 Å². The molecular weight excluding hydrogens is 450 g/mol. The third kappa shape index (κ3) is 5.87. The summed E-state index contributed by atoms with van der Waals surface area (Å²) in [5.74, 6) is -0.256. The van der Waals surface area contributed by atoms with Gasteiger partial charge in [0.15, 0.2) is 0 Å². The Morgan fingerprint density at radius 2 is 1.69 bits per heavy atom. The molecule has 0 fully saturated rings. The zero-order valence-electron chi connectivity index (χ0n) is 17.3. The molecule has 0 saturated heterocycles. The highest BCUT2D eigenvalue weighted by Gasteiger charge is 2.29. The fourth-order valence-electron chi connectivity index (χ4n) is 2.85. The minimum atomic E-state index is -4.05. The molecule has 0 bridgehead atoms. The molecule has 32 heavy (non-hydrogen) atoms. The Morgan fingerprint density at radius 3 is 2.38 bits per heavy atom. The van der Waals surface area contributed by atoms with Gasteiger partial charge in [0.2, 0.25) is 0 Å². The van der Waals surface area contributed by atoms with Crippen molar-refractivity contribution in [1.29, 1.82) is 0 Å². The van der Waals surface area contributed by atoms with E-state index in [9.17, 15) is 13.2 Å². The molecule has 166 valence electrons. The van der Waals surface area contributed by atoms with Gasteiger partial charge in [0, 0.05) is 5.02 Å². The number of halogens is 1. The van der Waals surface area contributed by atoms with Crippen LogP contribution in [0.5, 0.6) is 5.75 Å². The first-order chi connectivity index (χ1) is 15.4. The van der Waals surface area contributed by atoms with Crippen LogP contribution in [0.3, 0.4) is 0 Å². The maximum absolute atomic E-state index is 13.4. The number of carbonyl (C=O) groups excluding carboxylic acids is 1. The average molecular weight is 472 g/mol. The summed E-state index contributed by atoms with van der Waals surface area (Å²) in [6.07, 6.45) is 1.44. The van der Waals surface area contributed by atoms with E-state index >= 15 is 0 Å². The van der Waals surface area contributed by atoms with Crippen molar-refractivity contribution in [3.8, 4) is 5.75 Å². The number of benzene rings is 3. The van der Waals surface area contributed by atoms with Crippen LogP contribution in [0.1, 0.15) is 12.5 Å². The van der Waals surface area contributed by atoms with E-state index in [-0.39, 0.29) is 10.6 Å². The van der Waals surface area contributed by atoms with Crippen LogP contribution in [0, 0.1) is 0 Å². The largest absolute Gasteiger partial charge is 0.492 e. The molecule has 1 amide bonds. The van der Waals surface area contributed by atoms with Gasteiger partial charge in [-0.25, -0.2) is 13.8 Å². The quantitative estimate of drug-likeness (QED) is 0.376. The van der Waals surface area contributed by atoms with Gasteiger partial charge >= 0.3 is 0 Å². The Morgan fingerprint density at radius 1 is 1.03 bits per heavy atom. The van der Waals surface area contributed by atoms with Crippen LogP contribution in [0.4, 0.5) is 5.69 Å². The molecule has 0 aliphatic rings. The molecule has 0 aliphatic heterocycles. The molecule has 0 atom stereocenters. The van der Waals surface area contributed by atoms with Gasteiger partial charge in [0.1, 0.15) is 12.3 Å². The van der Waals surface area contributed by atoms with Gasteiger partial charge in [-0.15, -0.1) is 0 Å². The highest BCUT2D eigenvalue weighted by molar-refractivity contribution is 7.92. The number of ether oxygens (including phenoxy) is 1. The lowest BCUT2D eigenvalue weighted by molar-refractivity contribution is -0.119. The van der Waals surface area contributed by atoms with E-state index in [1.165, 1.54) is 18.3 Å². The first-order valence-corrected chi connectivity index (χ1v) is 11.6. The second kappa shape index (κ2) is 10.8. The minimum Gasteiger partial charge on any atom is -0.492 e. The predicted octanol–water partition coefficient (Wildman–Crippen LogP) is 4.08. The van der Waals surface area contributed by atoms with Crippen molar-refractivity contribution in [3.63, 3.8) is 0 Å². The summed E-state index contributed by atoms with van der Waals surface area (Å²) >= 11 is 5.85. The predicted molar refractivity (Wildman–Crippen MR) is 126 cm³/mol. The summed E-state index contributed by atoms with van der Waals surface area (Å²) in [7, 11) is -4.05. The Hall–Kier alpha value is -3.36. The van der Waals surface area contributed by atoms with Crippen molar-refractivity contribution in [3.05, 3.63) is 89.4 Å². The standard InChI is InChI=1S/C23H22ClN3O4S/c1-2-31-22-11-7-6-10-21(22)27(32(29,30)20-8-4-3-5-9-20)17-23(28)26-25-16-18-12-14-19(24)15-13-18/h3-16H,2,17H2,1H3,(H,26,28)/b25-16-. The van der Waals surface area contributed by atoms with Crippen molar-refractivity contribution in [1.82, 2.24) is 5.43 Å². The fraction of sp³-hybridized carbons (Fsp3) is 0.130. The van der Waals surface area contributed by atoms with Crippen molar-refractivity contribution >= 4 is 39.4 Å². The van der Waals surface area contributed by atoms with E-state index < -0.39 is 22.5 Å². The van der Waals surface area contributed by atoms with Crippen molar-refractivity contribution in [2.24, 2.45) is 5.10 Å². The Balaban J connectivity index is 1.88. The van der Waals surface area contributed by atoms with Gasteiger partial charge in [0.05, 0.1) is 23.4 Å². The van der Waals surface area contributed by atoms with Gasteiger partial charge in [-0.05, 0) is 48.9 Å². The van der Waals surface area contributed by atoms with E-state index in [4.69, 9.17) is 16.3 Å². The molecule has 0 unspecified atom stereocenters. The topological polar surface area (TPSA) is 88.1 Å². The van der Waals surface area contributed by atoms with Gasteiger partial charge in [-0.1, -0.05) is 54.1 Å². The highest BCUT2D eigenvalue weighted by atomic mass is 35.5. The molecule has 3 aromatic rings. The minimum absolute atomic E-state index is 0.0590. The van der Waals surface area contributed by atoms with Gasteiger partial charge in [-0.2, -0.15) is 5.10 Å². The molecule has 9 heteroatoms. The first kappa shape index (κ1) is 23.3. The first-order valence-electron chi connectivity index (χ1n) is 9.79. The lowest BCUT2D eigenvalue weighted by Crippen LogP contribution is -2.39. The molecule has 7 nitrogen and oxygen atoms in total. The van der Waals surface area contributed by atoms with E-state index in [0.717, 1.165) is 9.87 Å². The number of nitrogens with zero attached hydrogens (tertiary/aromatic N) is 2. The van der Waals surface area contributed by atoms with Crippen LogP contribution in [0.2, 0.25) is 5.02 Å². The molecule has 0 aliphatic carbocycles. The average Bonchev–Trinajstić information content (AvgIpc) is 2.80. The molecule has 3 rings (SSSR count). The SMILES string of the molecule is CCOc1ccccc1N(CC(=O)N/N=C\c1ccc(Cl)cc1)S(=O)(=O)c1ccccc1. The summed E-state index contributed by atoms with van der Waals surface area (Å²) in [4.78, 5) is 12.7. The highest BCUT2D eigenvalue weighted by Crippen LogP contribution is 2.32. The molecule has 0 spiro atoms. The van der Waals surface area contributed by atoms with Crippen LogP contribution in [0.25, 0.3) is 0 Å². The van der Waals surface area contributed by atoms with Crippen molar-refractivity contribution < 1.29 is 17.9 Å². The zero-order chi connectivity index (χ0) is 23.0. The molecule has 0 heterocycles. The van der Waals surface area contributed by atoms with Gasteiger partial charge in [0.25, 0.3) is 15.9 Å². The Kier molecular flexibility index (Phi) is 7.86. The number of carbonyl (C=O) groups is 1. The van der Waals surface area contributed by atoms with Crippen LogP contribution in [-0.4, -0.2) is 33.7 Å². The number of anilines is 1. The Bertz CT molecular complexity index is 1180. The van der Waals surface area contributed by atoms with E-state index in [1.807, 2.05) is 0 Å². The maximum atomic E-state index is 13.4. The number of para-hydroxylation sites is 2. The van der Waals surface area contributed by atoms with Crippen LogP contribution >= 0.6 is 11.6 Å². The number of hydrazone groups is 1. The summed E-state index contributed by atoms with van der Waals surface area (Å²) < 4.78 is 33.4. The maximum Gasteiger partial charge on any atom is 0.264 e. The summed E-state index contributed by atoms with van der Waals surface area (Å²) in [6, 6.07) is 21.4. The van der Waals surface area contributed by atoms with E-state index in [1.54, 1.807) is 73.7 Å². The number of hydrogen-bond acceptors (Lipinski definition) is 5. The normalized spacial score (nSPS) is 11.3.